The molecule has 0 saturated carbocycles. The van der Waals surface area contributed by atoms with Crippen molar-refractivity contribution in [3.8, 4) is 17.1 Å². The summed E-state index contributed by atoms with van der Waals surface area (Å²) in [5, 5.41) is 9.16. The van der Waals surface area contributed by atoms with Gasteiger partial charge in [-0.3, -0.25) is 4.79 Å². The number of rotatable bonds is 6. The van der Waals surface area contributed by atoms with Crippen molar-refractivity contribution in [3.05, 3.63) is 82.9 Å². The molecule has 4 aromatic rings. The van der Waals surface area contributed by atoms with E-state index in [1.54, 1.807) is 7.11 Å². The molecule has 152 valence electrons. The van der Waals surface area contributed by atoms with Crippen LogP contribution < -0.4 is 4.74 Å². The number of nitrogens with zero attached hydrogens (tertiary/aromatic N) is 2. The van der Waals surface area contributed by atoms with Crippen LogP contribution in [-0.2, 0) is 17.8 Å². The second kappa shape index (κ2) is 8.03. The van der Waals surface area contributed by atoms with Crippen LogP contribution in [0.25, 0.3) is 22.4 Å². The van der Waals surface area contributed by atoms with Crippen LogP contribution in [0.2, 0.25) is 0 Å². The number of imidazole rings is 1. The van der Waals surface area contributed by atoms with E-state index in [1.807, 2.05) is 36.4 Å². The lowest BCUT2D eigenvalue weighted by Crippen LogP contribution is -2.04. The number of aromatic nitrogens is 2. The predicted molar refractivity (Wildman–Crippen MR) is 118 cm³/mol. The van der Waals surface area contributed by atoms with E-state index in [0.717, 1.165) is 22.4 Å². The first kappa shape index (κ1) is 19.7. The molecule has 4 rings (SSSR count). The maximum atomic E-state index is 11.2. The third kappa shape index (κ3) is 3.79. The number of carboxylic acids is 1. The van der Waals surface area contributed by atoms with E-state index in [4.69, 9.17) is 14.8 Å². The maximum Gasteiger partial charge on any atom is 0.307 e. The normalized spacial score (nSPS) is 11.0. The molecule has 5 heteroatoms. The highest BCUT2D eigenvalue weighted by Crippen LogP contribution is 2.31. The van der Waals surface area contributed by atoms with Gasteiger partial charge in [0.05, 0.1) is 24.6 Å². The lowest BCUT2D eigenvalue weighted by Gasteiger charge is -2.13. The van der Waals surface area contributed by atoms with Crippen molar-refractivity contribution in [1.82, 2.24) is 9.55 Å². The van der Waals surface area contributed by atoms with Gasteiger partial charge in [0.2, 0.25) is 0 Å². The lowest BCUT2D eigenvalue weighted by atomic mass is 10.1. The highest BCUT2D eigenvalue weighted by molar-refractivity contribution is 5.83. The highest BCUT2D eigenvalue weighted by atomic mass is 16.5. The number of fused-ring (bicyclic) bond motifs is 1. The van der Waals surface area contributed by atoms with Crippen LogP contribution >= 0.6 is 0 Å². The molecule has 0 spiro atoms. The van der Waals surface area contributed by atoms with Crippen LogP contribution in [0.15, 0.2) is 60.7 Å². The summed E-state index contributed by atoms with van der Waals surface area (Å²) in [5.74, 6) is 0.503. The SMILES string of the molecule is COc1cc(-c2nc3cc(C)c(C)cc3n2Cc2ccccc2)ccc1CC(=O)O. The molecule has 0 fully saturated rings. The van der Waals surface area contributed by atoms with Gasteiger partial charge in [-0.15, -0.1) is 0 Å². The Hall–Kier alpha value is -3.60. The van der Waals surface area contributed by atoms with Crippen LogP contribution in [0, 0.1) is 13.8 Å². The van der Waals surface area contributed by atoms with Gasteiger partial charge < -0.3 is 14.4 Å². The van der Waals surface area contributed by atoms with Gasteiger partial charge in [0.25, 0.3) is 0 Å². The highest BCUT2D eigenvalue weighted by Gasteiger charge is 2.17. The number of hydrogen-bond donors (Lipinski definition) is 1. The van der Waals surface area contributed by atoms with Crippen LogP contribution in [0.5, 0.6) is 5.75 Å². The molecule has 1 aromatic heterocycles. The number of aryl methyl sites for hydroxylation is 2. The molecule has 0 saturated heterocycles. The topological polar surface area (TPSA) is 64.4 Å². The third-order valence-corrected chi connectivity index (χ3v) is 5.43. The molecule has 0 bridgehead atoms. The van der Waals surface area contributed by atoms with Gasteiger partial charge in [0.1, 0.15) is 11.6 Å². The number of benzene rings is 3. The maximum absolute atomic E-state index is 11.2. The Labute approximate surface area is 175 Å². The van der Waals surface area contributed by atoms with Crippen LogP contribution in [0.1, 0.15) is 22.3 Å². The number of hydrogen-bond acceptors (Lipinski definition) is 3. The first-order chi connectivity index (χ1) is 14.5. The van der Waals surface area contributed by atoms with Gasteiger partial charge in [-0.1, -0.05) is 42.5 Å². The predicted octanol–water partition coefficient (Wildman–Crippen LogP) is 5.00. The average Bonchev–Trinajstić information content (AvgIpc) is 3.06. The standard InChI is InChI=1S/C25H24N2O3/c1-16-11-21-22(12-17(16)2)27(15-18-7-5-4-6-8-18)25(26-21)20-10-9-19(14-24(28)29)23(13-20)30-3/h4-13H,14-15H2,1-3H3,(H,28,29). The fourth-order valence-corrected chi connectivity index (χ4v) is 3.72. The molecular weight excluding hydrogens is 376 g/mol. The van der Waals surface area contributed by atoms with E-state index in [2.05, 4.69) is 42.7 Å². The number of aliphatic carboxylic acids is 1. The second-order valence-corrected chi connectivity index (χ2v) is 7.53. The minimum atomic E-state index is -0.886. The Morgan fingerprint density at radius 3 is 2.47 bits per heavy atom. The summed E-state index contributed by atoms with van der Waals surface area (Å²) in [7, 11) is 1.56. The molecule has 0 aliphatic carbocycles. The zero-order valence-electron chi connectivity index (χ0n) is 17.3. The van der Waals surface area contributed by atoms with Gasteiger partial charge in [-0.2, -0.15) is 0 Å². The Morgan fingerprint density at radius 1 is 1.03 bits per heavy atom. The van der Waals surface area contributed by atoms with Crippen LogP contribution in [0.4, 0.5) is 0 Å². The number of ether oxygens (including phenoxy) is 1. The summed E-state index contributed by atoms with van der Waals surface area (Å²) in [6, 6.07) is 20.2. The van der Waals surface area contributed by atoms with Gasteiger partial charge in [-0.05, 0) is 48.7 Å². The van der Waals surface area contributed by atoms with Crippen molar-refractivity contribution in [3.63, 3.8) is 0 Å². The second-order valence-electron chi connectivity index (χ2n) is 7.53. The minimum Gasteiger partial charge on any atom is -0.496 e. The van der Waals surface area contributed by atoms with Crippen molar-refractivity contribution >= 4 is 17.0 Å². The van der Waals surface area contributed by atoms with Gasteiger partial charge in [-0.25, -0.2) is 4.98 Å². The Bertz CT molecular complexity index is 1230. The van der Waals surface area contributed by atoms with E-state index in [-0.39, 0.29) is 6.42 Å². The molecular formula is C25H24N2O3. The molecule has 1 N–H and O–H groups in total. The molecule has 1 heterocycles. The minimum absolute atomic E-state index is 0.0811. The molecule has 0 unspecified atom stereocenters. The monoisotopic (exact) mass is 400 g/mol. The van der Waals surface area contributed by atoms with Crippen molar-refractivity contribution in [2.75, 3.05) is 7.11 Å². The van der Waals surface area contributed by atoms with Crippen molar-refractivity contribution < 1.29 is 14.6 Å². The summed E-state index contributed by atoms with van der Waals surface area (Å²) in [6.07, 6.45) is -0.0811. The zero-order chi connectivity index (χ0) is 21.3. The molecule has 30 heavy (non-hydrogen) atoms. The molecule has 3 aromatic carbocycles. The Morgan fingerprint density at radius 2 is 1.77 bits per heavy atom. The lowest BCUT2D eigenvalue weighted by molar-refractivity contribution is -0.136. The summed E-state index contributed by atoms with van der Waals surface area (Å²) >= 11 is 0. The first-order valence-electron chi connectivity index (χ1n) is 9.86. The molecule has 0 aliphatic heterocycles. The van der Waals surface area contributed by atoms with Gasteiger partial charge in [0.15, 0.2) is 0 Å². The molecule has 0 aliphatic rings. The Kier molecular flexibility index (Phi) is 5.27. The fraction of sp³-hybridized carbons (Fsp3) is 0.200. The van der Waals surface area contributed by atoms with E-state index >= 15 is 0 Å². The molecule has 0 amide bonds. The zero-order valence-corrected chi connectivity index (χ0v) is 17.3. The summed E-state index contributed by atoms with van der Waals surface area (Å²) in [5.41, 5.74) is 7.16. The molecule has 5 nitrogen and oxygen atoms in total. The van der Waals surface area contributed by atoms with E-state index < -0.39 is 5.97 Å². The third-order valence-electron chi connectivity index (χ3n) is 5.43. The summed E-state index contributed by atoms with van der Waals surface area (Å²) in [6.45, 7) is 4.89. The molecule has 0 atom stereocenters. The summed E-state index contributed by atoms with van der Waals surface area (Å²) < 4.78 is 7.69. The van der Waals surface area contributed by atoms with Gasteiger partial charge >= 0.3 is 5.97 Å². The summed E-state index contributed by atoms with van der Waals surface area (Å²) in [4.78, 5) is 16.1. The van der Waals surface area contributed by atoms with Crippen LogP contribution in [-0.4, -0.2) is 27.7 Å². The van der Waals surface area contributed by atoms with E-state index in [0.29, 0.717) is 17.9 Å². The van der Waals surface area contributed by atoms with Gasteiger partial charge in [0, 0.05) is 17.7 Å². The fourth-order valence-electron chi connectivity index (χ4n) is 3.72. The van der Waals surface area contributed by atoms with Crippen molar-refractivity contribution in [2.24, 2.45) is 0 Å². The number of carboxylic acid groups (broad SMARTS) is 1. The Balaban J connectivity index is 1.89. The largest absolute Gasteiger partial charge is 0.496 e. The van der Waals surface area contributed by atoms with E-state index in [1.165, 1.54) is 16.7 Å². The van der Waals surface area contributed by atoms with Crippen molar-refractivity contribution in [2.45, 2.75) is 26.8 Å². The molecule has 0 radical (unpaired) electrons. The number of methoxy groups -OCH3 is 1. The number of carbonyl (C=O) groups is 1. The first-order valence-corrected chi connectivity index (χ1v) is 9.86. The smallest absolute Gasteiger partial charge is 0.307 e. The van der Waals surface area contributed by atoms with Crippen molar-refractivity contribution in [1.29, 1.82) is 0 Å². The van der Waals surface area contributed by atoms with Crippen LogP contribution in [0.3, 0.4) is 0 Å². The quantitative estimate of drug-likeness (QED) is 0.494. The van der Waals surface area contributed by atoms with E-state index in [9.17, 15) is 4.79 Å². The average molecular weight is 400 g/mol.